The molecule has 6 heteroatoms. The summed E-state index contributed by atoms with van der Waals surface area (Å²) >= 11 is 0. The van der Waals surface area contributed by atoms with Gasteiger partial charge in [-0.15, -0.1) is 0 Å². The van der Waals surface area contributed by atoms with E-state index in [1.807, 2.05) is 6.07 Å². The van der Waals surface area contributed by atoms with E-state index in [0.29, 0.717) is 23.5 Å². The van der Waals surface area contributed by atoms with Crippen molar-refractivity contribution in [1.82, 2.24) is 4.72 Å². The van der Waals surface area contributed by atoms with Crippen molar-refractivity contribution in [3.63, 3.8) is 0 Å². The van der Waals surface area contributed by atoms with Gasteiger partial charge in [-0.2, -0.15) is 5.26 Å². The SMILES string of the molecule is N#Cc1ccc(CN=C2NS(=O)(=O)c3ccccc32)cc1. The minimum absolute atomic E-state index is 0.253. The third kappa shape index (κ3) is 2.51. The van der Waals surface area contributed by atoms with E-state index >= 15 is 0 Å². The first-order valence-corrected chi connectivity index (χ1v) is 7.74. The Kier molecular flexibility index (Phi) is 3.20. The van der Waals surface area contributed by atoms with Gasteiger partial charge in [0.1, 0.15) is 5.84 Å². The molecule has 0 radical (unpaired) electrons. The third-order valence-electron chi connectivity index (χ3n) is 3.17. The maximum atomic E-state index is 11.9. The van der Waals surface area contributed by atoms with Crippen LogP contribution in [0.5, 0.6) is 0 Å². The molecule has 1 N–H and O–H groups in total. The topological polar surface area (TPSA) is 82.3 Å². The van der Waals surface area contributed by atoms with Crippen LogP contribution in [-0.2, 0) is 16.6 Å². The van der Waals surface area contributed by atoms with Crippen molar-refractivity contribution >= 4 is 15.9 Å². The summed E-state index contributed by atoms with van der Waals surface area (Å²) < 4.78 is 26.3. The minimum Gasteiger partial charge on any atom is -0.263 e. The molecule has 0 fully saturated rings. The van der Waals surface area contributed by atoms with E-state index in [2.05, 4.69) is 9.71 Å². The minimum atomic E-state index is -3.49. The molecule has 1 aliphatic rings. The highest BCUT2D eigenvalue weighted by molar-refractivity contribution is 7.90. The Morgan fingerprint density at radius 1 is 1.10 bits per heavy atom. The summed E-state index contributed by atoms with van der Waals surface area (Å²) in [5.74, 6) is 0.356. The lowest BCUT2D eigenvalue weighted by molar-refractivity contribution is 0.595. The number of nitrogens with zero attached hydrogens (tertiary/aromatic N) is 2. The van der Waals surface area contributed by atoms with Gasteiger partial charge >= 0.3 is 0 Å². The van der Waals surface area contributed by atoms with Crippen LogP contribution in [0, 0.1) is 11.3 Å². The molecule has 0 spiro atoms. The molecule has 1 heterocycles. The Hall–Kier alpha value is -2.65. The van der Waals surface area contributed by atoms with Crippen LogP contribution in [0.15, 0.2) is 58.4 Å². The molecule has 2 aromatic rings. The molecular weight excluding hydrogens is 286 g/mol. The van der Waals surface area contributed by atoms with Gasteiger partial charge in [0.25, 0.3) is 10.0 Å². The Morgan fingerprint density at radius 3 is 2.52 bits per heavy atom. The van der Waals surface area contributed by atoms with Crippen molar-refractivity contribution < 1.29 is 8.42 Å². The summed E-state index contributed by atoms with van der Waals surface area (Å²) in [4.78, 5) is 4.58. The summed E-state index contributed by atoms with van der Waals surface area (Å²) in [5.41, 5.74) is 2.08. The van der Waals surface area contributed by atoms with Gasteiger partial charge in [0.2, 0.25) is 0 Å². The molecule has 104 valence electrons. The molecule has 2 aromatic carbocycles. The van der Waals surface area contributed by atoms with Crippen LogP contribution in [-0.4, -0.2) is 14.3 Å². The summed E-state index contributed by atoms with van der Waals surface area (Å²) in [6, 6.07) is 15.8. The van der Waals surface area contributed by atoms with E-state index < -0.39 is 10.0 Å². The number of rotatable bonds is 2. The number of hydrogen-bond donors (Lipinski definition) is 1. The quantitative estimate of drug-likeness (QED) is 0.917. The highest BCUT2D eigenvalue weighted by atomic mass is 32.2. The molecule has 0 amide bonds. The van der Waals surface area contributed by atoms with E-state index in [1.54, 1.807) is 48.5 Å². The van der Waals surface area contributed by atoms with Crippen molar-refractivity contribution in [2.75, 3.05) is 0 Å². The molecule has 0 unspecified atom stereocenters. The van der Waals surface area contributed by atoms with E-state index in [9.17, 15) is 8.42 Å². The average Bonchev–Trinajstić information content (AvgIpc) is 2.77. The monoisotopic (exact) mass is 297 g/mol. The second-order valence-electron chi connectivity index (χ2n) is 4.58. The Bertz CT molecular complexity index is 863. The zero-order valence-corrected chi connectivity index (χ0v) is 11.8. The smallest absolute Gasteiger partial charge is 0.263 e. The van der Waals surface area contributed by atoms with Gasteiger partial charge in [0.05, 0.1) is 23.1 Å². The average molecular weight is 297 g/mol. The lowest BCUT2D eigenvalue weighted by Crippen LogP contribution is -2.22. The van der Waals surface area contributed by atoms with E-state index in [0.717, 1.165) is 5.56 Å². The van der Waals surface area contributed by atoms with Crippen LogP contribution in [0.4, 0.5) is 0 Å². The zero-order chi connectivity index (χ0) is 14.9. The van der Waals surface area contributed by atoms with Crippen molar-refractivity contribution in [2.45, 2.75) is 11.4 Å². The number of fused-ring (bicyclic) bond motifs is 1. The van der Waals surface area contributed by atoms with Crippen molar-refractivity contribution in [3.8, 4) is 6.07 Å². The second kappa shape index (κ2) is 5.04. The molecule has 21 heavy (non-hydrogen) atoms. The van der Waals surface area contributed by atoms with Crippen molar-refractivity contribution in [2.24, 2.45) is 4.99 Å². The van der Waals surface area contributed by atoms with Crippen LogP contribution in [0.3, 0.4) is 0 Å². The number of benzene rings is 2. The molecule has 0 aromatic heterocycles. The van der Waals surface area contributed by atoms with Gasteiger partial charge in [-0.1, -0.05) is 24.3 Å². The maximum Gasteiger partial charge on any atom is 0.263 e. The van der Waals surface area contributed by atoms with Gasteiger partial charge < -0.3 is 0 Å². The number of aliphatic imine (C=N–C) groups is 1. The van der Waals surface area contributed by atoms with E-state index in [1.165, 1.54) is 0 Å². The summed E-state index contributed by atoms with van der Waals surface area (Å²) in [6.07, 6.45) is 0. The number of sulfonamides is 1. The summed E-state index contributed by atoms with van der Waals surface area (Å²) in [6.45, 7) is 0.345. The maximum absolute atomic E-state index is 11.9. The predicted molar refractivity (Wildman–Crippen MR) is 78.2 cm³/mol. The zero-order valence-electron chi connectivity index (χ0n) is 10.9. The van der Waals surface area contributed by atoms with E-state index in [4.69, 9.17) is 5.26 Å². The highest BCUT2D eigenvalue weighted by Gasteiger charge is 2.29. The standard InChI is InChI=1S/C15H11N3O2S/c16-9-11-5-7-12(8-6-11)10-17-15-13-3-1-2-4-14(13)21(19,20)18-15/h1-8H,10H2,(H,17,18). The van der Waals surface area contributed by atoms with Gasteiger partial charge in [0, 0.05) is 5.56 Å². The lowest BCUT2D eigenvalue weighted by Gasteiger charge is -2.00. The van der Waals surface area contributed by atoms with Gasteiger partial charge in [0.15, 0.2) is 0 Å². The number of nitriles is 1. The molecule has 3 rings (SSSR count). The molecule has 1 aliphatic heterocycles. The third-order valence-corrected chi connectivity index (χ3v) is 4.56. The van der Waals surface area contributed by atoms with Crippen LogP contribution >= 0.6 is 0 Å². The second-order valence-corrected chi connectivity index (χ2v) is 6.23. The van der Waals surface area contributed by atoms with Gasteiger partial charge in [-0.05, 0) is 29.8 Å². The fourth-order valence-electron chi connectivity index (χ4n) is 2.11. The predicted octanol–water partition coefficient (Wildman–Crippen LogP) is 1.80. The molecule has 0 aliphatic carbocycles. The summed E-state index contributed by atoms with van der Waals surface area (Å²) in [7, 11) is -3.49. The van der Waals surface area contributed by atoms with Crippen LogP contribution in [0.25, 0.3) is 0 Å². The summed E-state index contributed by atoms with van der Waals surface area (Å²) in [5, 5.41) is 8.74. The fraction of sp³-hybridized carbons (Fsp3) is 0.0667. The van der Waals surface area contributed by atoms with Crippen molar-refractivity contribution in [3.05, 3.63) is 65.2 Å². The van der Waals surface area contributed by atoms with E-state index in [-0.39, 0.29) is 4.90 Å². The molecule has 0 bridgehead atoms. The number of amidine groups is 1. The largest absolute Gasteiger partial charge is 0.263 e. The van der Waals surface area contributed by atoms with Crippen molar-refractivity contribution in [1.29, 1.82) is 5.26 Å². The van der Waals surface area contributed by atoms with Crippen LogP contribution in [0.2, 0.25) is 0 Å². The van der Waals surface area contributed by atoms with Gasteiger partial charge in [-0.3, -0.25) is 9.71 Å². The molecule has 5 nitrogen and oxygen atoms in total. The number of nitrogens with one attached hydrogen (secondary N) is 1. The van der Waals surface area contributed by atoms with Crippen LogP contribution < -0.4 is 4.72 Å². The highest BCUT2D eigenvalue weighted by Crippen LogP contribution is 2.22. The first-order valence-electron chi connectivity index (χ1n) is 6.26. The first kappa shape index (κ1) is 13.3. The molecular formula is C15H11N3O2S. The molecule has 0 saturated carbocycles. The molecule has 0 atom stereocenters. The fourth-order valence-corrected chi connectivity index (χ4v) is 3.36. The first-order chi connectivity index (χ1) is 10.1. The van der Waals surface area contributed by atoms with Crippen LogP contribution in [0.1, 0.15) is 16.7 Å². The van der Waals surface area contributed by atoms with Gasteiger partial charge in [-0.25, -0.2) is 8.42 Å². The lowest BCUT2D eigenvalue weighted by atomic mass is 10.1. The Morgan fingerprint density at radius 2 is 1.81 bits per heavy atom. The Balaban J connectivity index is 1.90. The molecule has 0 saturated heterocycles. The normalized spacial score (nSPS) is 17.0. The number of hydrogen-bond acceptors (Lipinski definition) is 4. The Labute approximate surface area is 122 Å².